The van der Waals surface area contributed by atoms with Crippen LogP contribution in [-0.4, -0.2) is 11.1 Å². The highest BCUT2D eigenvalue weighted by Gasteiger charge is 1.98. The van der Waals surface area contributed by atoms with Crippen molar-refractivity contribution in [2.75, 3.05) is 0 Å². The molecule has 1 aromatic rings. The van der Waals surface area contributed by atoms with Crippen molar-refractivity contribution in [2.45, 2.75) is 38.6 Å². The quantitative estimate of drug-likeness (QED) is 0.494. The maximum absolute atomic E-state index is 10.2. The zero-order valence-corrected chi connectivity index (χ0v) is 8.48. The number of hydrogen-bond acceptors (Lipinski definition) is 3. The van der Waals surface area contributed by atoms with Crippen LogP contribution >= 0.6 is 0 Å². The third-order valence-electron chi connectivity index (χ3n) is 2.04. The van der Waals surface area contributed by atoms with Crippen LogP contribution in [0.25, 0.3) is 0 Å². The summed E-state index contributed by atoms with van der Waals surface area (Å²) in [5, 5.41) is 19.1. The van der Waals surface area contributed by atoms with E-state index >= 15 is 0 Å². The molecule has 0 atom stereocenters. The standard InChI is InChI=1S/C9H15N3O3/c10-8-7-12(11-15-8)6-4-2-1-3-5-9(13)14/h7,10H,1-6H2,(H,13,14). The van der Waals surface area contributed by atoms with Crippen LogP contribution in [0.15, 0.2) is 10.7 Å². The molecule has 0 aromatic carbocycles. The van der Waals surface area contributed by atoms with E-state index in [0.717, 1.165) is 32.2 Å². The lowest BCUT2D eigenvalue weighted by atomic mass is 10.1. The number of nitrogens with zero attached hydrogens (tertiary/aromatic N) is 2. The zero-order chi connectivity index (χ0) is 11.1. The molecule has 6 heteroatoms. The lowest BCUT2D eigenvalue weighted by Crippen LogP contribution is -2.37. The van der Waals surface area contributed by atoms with Crippen molar-refractivity contribution in [1.29, 1.82) is 5.41 Å². The van der Waals surface area contributed by atoms with Crippen LogP contribution in [0.1, 0.15) is 32.1 Å². The van der Waals surface area contributed by atoms with Crippen molar-refractivity contribution >= 4 is 5.97 Å². The van der Waals surface area contributed by atoms with Crippen LogP contribution in [0.2, 0.25) is 0 Å². The van der Waals surface area contributed by atoms with Gasteiger partial charge in [0.15, 0.2) is 0 Å². The Morgan fingerprint density at radius 2 is 2.20 bits per heavy atom. The molecule has 0 radical (unpaired) electrons. The van der Waals surface area contributed by atoms with Gasteiger partial charge in [-0.2, -0.15) is 0 Å². The van der Waals surface area contributed by atoms with Gasteiger partial charge in [-0.25, -0.2) is 4.68 Å². The highest BCUT2D eigenvalue weighted by atomic mass is 16.5. The van der Waals surface area contributed by atoms with Gasteiger partial charge < -0.3 is 9.63 Å². The highest BCUT2D eigenvalue weighted by molar-refractivity contribution is 5.66. The number of carboxylic acid groups (broad SMARTS) is 1. The van der Waals surface area contributed by atoms with Crippen LogP contribution in [0, 0.1) is 5.41 Å². The molecule has 0 saturated carbocycles. The van der Waals surface area contributed by atoms with Crippen LogP contribution in [0.4, 0.5) is 0 Å². The third-order valence-corrected chi connectivity index (χ3v) is 2.04. The van der Waals surface area contributed by atoms with Crippen LogP contribution in [0.5, 0.6) is 0 Å². The summed E-state index contributed by atoms with van der Waals surface area (Å²) in [4.78, 5) is 10.2. The molecule has 0 aliphatic carbocycles. The zero-order valence-electron chi connectivity index (χ0n) is 8.48. The van der Waals surface area contributed by atoms with Gasteiger partial charge in [0, 0.05) is 12.8 Å². The van der Waals surface area contributed by atoms with E-state index in [0.29, 0.717) is 0 Å². The third kappa shape index (κ3) is 4.99. The first kappa shape index (κ1) is 11.5. The summed E-state index contributed by atoms with van der Waals surface area (Å²) in [6.07, 6.45) is 5.31. The smallest absolute Gasteiger partial charge is 0.303 e. The molecule has 2 N–H and O–H groups in total. The molecule has 1 rings (SSSR count). The maximum atomic E-state index is 10.2. The minimum atomic E-state index is -0.736. The molecule has 1 aromatic heterocycles. The number of nitrogens with one attached hydrogen (secondary N) is 1. The molecule has 0 aliphatic heterocycles. The Bertz CT molecular complexity index is 355. The summed E-state index contributed by atoms with van der Waals surface area (Å²) < 4.78 is 6.16. The van der Waals surface area contributed by atoms with E-state index in [1.54, 1.807) is 4.68 Å². The van der Waals surface area contributed by atoms with Gasteiger partial charge in [-0.3, -0.25) is 15.5 Å². The van der Waals surface area contributed by atoms with Crippen molar-refractivity contribution in [3.8, 4) is 0 Å². The molecule has 15 heavy (non-hydrogen) atoms. The number of hydrogen-bond donors (Lipinski definition) is 2. The van der Waals surface area contributed by atoms with E-state index in [4.69, 9.17) is 10.5 Å². The second-order valence-electron chi connectivity index (χ2n) is 3.39. The van der Waals surface area contributed by atoms with Gasteiger partial charge in [0.1, 0.15) is 6.54 Å². The Morgan fingerprint density at radius 1 is 1.47 bits per heavy atom. The van der Waals surface area contributed by atoms with Crippen LogP contribution in [0.3, 0.4) is 0 Å². The monoisotopic (exact) mass is 213 g/mol. The van der Waals surface area contributed by atoms with Gasteiger partial charge in [-0.05, 0) is 12.8 Å². The largest absolute Gasteiger partial charge is 0.487 e. The van der Waals surface area contributed by atoms with Gasteiger partial charge in [-0.15, -0.1) is 0 Å². The van der Waals surface area contributed by atoms with Crippen LogP contribution in [-0.2, 0) is 11.3 Å². The topological polar surface area (TPSA) is 92.3 Å². The van der Waals surface area contributed by atoms with Gasteiger partial charge in [0.05, 0.1) is 0 Å². The summed E-state index contributed by atoms with van der Waals surface area (Å²) in [5.41, 5.74) is 0.0564. The highest BCUT2D eigenvalue weighted by Crippen LogP contribution is 2.02. The minimum absolute atomic E-state index is 0.0564. The first-order chi connectivity index (χ1) is 7.18. The molecule has 0 fully saturated rings. The number of rotatable bonds is 7. The fourth-order valence-corrected chi connectivity index (χ4v) is 1.29. The average molecular weight is 213 g/mol. The van der Waals surface area contributed by atoms with Crippen LogP contribution < -0.4 is 15.5 Å². The number of unbranched alkanes of at least 4 members (excludes halogenated alkanes) is 3. The average Bonchev–Trinajstić information content (AvgIpc) is 2.57. The summed E-state index contributed by atoms with van der Waals surface area (Å²) in [6, 6.07) is 0. The number of aliphatic carboxylic acids is 1. The number of carboxylic acids is 1. The summed E-state index contributed by atoms with van der Waals surface area (Å²) >= 11 is 0. The Labute approximate surface area is 87.0 Å². The molecule has 0 saturated heterocycles. The lowest BCUT2D eigenvalue weighted by Gasteiger charge is -1.98. The second kappa shape index (κ2) is 6.00. The van der Waals surface area contributed by atoms with Crippen molar-refractivity contribution in [1.82, 2.24) is 5.27 Å². The van der Waals surface area contributed by atoms with Gasteiger partial charge in [0.2, 0.25) is 6.20 Å². The molecule has 0 unspecified atom stereocenters. The summed E-state index contributed by atoms with van der Waals surface area (Å²) in [7, 11) is 0. The molecule has 0 amide bonds. The molecule has 0 spiro atoms. The fourth-order valence-electron chi connectivity index (χ4n) is 1.29. The van der Waals surface area contributed by atoms with E-state index in [9.17, 15) is 4.79 Å². The Morgan fingerprint density at radius 3 is 2.80 bits per heavy atom. The van der Waals surface area contributed by atoms with Crippen molar-refractivity contribution in [3.63, 3.8) is 0 Å². The maximum Gasteiger partial charge on any atom is 0.303 e. The van der Waals surface area contributed by atoms with E-state index in [1.165, 1.54) is 6.20 Å². The molecule has 6 nitrogen and oxygen atoms in total. The molecule has 0 bridgehead atoms. The van der Waals surface area contributed by atoms with Crippen molar-refractivity contribution in [3.05, 3.63) is 11.8 Å². The predicted molar refractivity (Wildman–Crippen MR) is 48.8 cm³/mol. The first-order valence-electron chi connectivity index (χ1n) is 4.98. The summed E-state index contributed by atoms with van der Waals surface area (Å²) in [6.45, 7) is 0.718. The normalized spacial score (nSPS) is 10.4. The van der Waals surface area contributed by atoms with Crippen molar-refractivity contribution in [2.24, 2.45) is 0 Å². The van der Waals surface area contributed by atoms with Gasteiger partial charge in [-0.1, -0.05) is 6.42 Å². The SMILES string of the molecule is N=c1c[n+](CCCCCCC(=O)O)[n-]o1. The Hall–Kier alpha value is -1.59. The lowest BCUT2D eigenvalue weighted by molar-refractivity contribution is -0.767. The van der Waals surface area contributed by atoms with E-state index in [-0.39, 0.29) is 12.0 Å². The molecular formula is C9H15N3O3. The van der Waals surface area contributed by atoms with Gasteiger partial charge in [0.25, 0.3) is 5.55 Å². The number of carbonyl (C=O) groups is 1. The van der Waals surface area contributed by atoms with Gasteiger partial charge >= 0.3 is 5.97 Å². The predicted octanol–water partition coefficient (Wildman–Crippen LogP) is 0.0389. The Balaban J connectivity index is 2.02. The summed E-state index contributed by atoms with van der Waals surface area (Å²) in [5.74, 6) is -0.736. The molecular weight excluding hydrogens is 198 g/mol. The first-order valence-corrected chi connectivity index (χ1v) is 4.98. The number of aromatic nitrogens is 2. The number of aryl methyl sites for hydroxylation is 1. The molecule has 0 aliphatic rings. The molecule has 84 valence electrons. The minimum Gasteiger partial charge on any atom is -0.487 e. The molecule has 1 heterocycles. The second-order valence-corrected chi connectivity index (χ2v) is 3.39. The Kier molecular flexibility index (Phi) is 4.59. The van der Waals surface area contributed by atoms with Crippen molar-refractivity contribution < 1.29 is 19.1 Å². The van der Waals surface area contributed by atoms with E-state index in [1.807, 2.05) is 0 Å². The fraction of sp³-hybridized carbons (Fsp3) is 0.667. The van der Waals surface area contributed by atoms with E-state index in [2.05, 4.69) is 9.79 Å². The van der Waals surface area contributed by atoms with E-state index < -0.39 is 5.97 Å².